The van der Waals surface area contributed by atoms with Crippen LogP contribution in [0.4, 0.5) is 0 Å². The minimum atomic E-state index is -0.0383. The van der Waals surface area contributed by atoms with Crippen LogP contribution in [-0.4, -0.2) is 16.9 Å². The zero-order chi connectivity index (χ0) is 11.3. The molecule has 1 rings (SSSR count). The number of nitrogens with two attached hydrogens (primary N) is 1. The van der Waals surface area contributed by atoms with Gasteiger partial charge in [-0.2, -0.15) is 0 Å². The number of amidine groups is 1. The van der Waals surface area contributed by atoms with E-state index >= 15 is 0 Å². The fourth-order valence-corrected chi connectivity index (χ4v) is 1.33. The van der Waals surface area contributed by atoms with Crippen LogP contribution in [0.25, 0.3) is 0 Å². The first-order valence-electron chi connectivity index (χ1n) is 5.10. The van der Waals surface area contributed by atoms with E-state index in [4.69, 9.17) is 15.9 Å². The molecule has 1 heterocycles. The van der Waals surface area contributed by atoms with Gasteiger partial charge in [-0.1, -0.05) is 13.3 Å². The molecule has 0 amide bonds. The fraction of sp³-hybridized carbons (Fsp3) is 0.455. The molecular formula is C11H17N3O. The van der Waals surface area contributed by atoms with E-state index < -0.39 is 0 Å². The summed E-state index contributed by atoms with van der Waals surface area (Å²) < 4.78 is 5.65. The van der Waals surface area contributed by atoms with Gasteiger partial charge in [0.25, 0.3) is 0 Å². The molecule has 0 bridgehead atoms. The average molecular weight is 207 g/mol. The molecule has 0 aliphatic heterocycles. The third-order valence-electron chi connectivity index (χ3n) is 2.04. The Morgan fingerprint density at radius 2 is 2.40 bits per heavy atom. The number of nitrogens with zero attached hydrogens (tertiary/aromatic N) is 1. The molecule has 0 aliphatic rings. The lowest BCUT2D eigenvalue weighted by atomic mass is 10.2. The number of rotatable bonds is 5. The number of aromatic nitrogens is 1. The van der Waals surface area contributed by atoms with Crippen LogP contribution in [0.15, 0.2) is 18.3 Å². The molecule has 1 aromatic heterocycles. The van der Waals surface area contributed by atoms with Gasteiger partial charge in [-0.3, -0.25) is 10.4 Å². The Bertz CT molecular complexity index is 338. The maximum Gasteiger partial charge on any atom is 0.141 e. The van der Waals surface area contributed by atoms with Crippen LogP contribution >= 0.6 is 0 Å². The molecule has 0 spiro atoms. The van der Waals surface area contributed by atoms with Crippen molar-refractivity contribution in [1.82, 2.24) is 4.98 Å². The second kappa shape index (κ2) is 5.34. The van der Waals surface area contributed by atoms with Gasteiger partial charge in [-0.25, -0.2) is 0 Å². The number of pyridine rings is 1. The first-order chi connectivity index (χ1) is 7.13. The van der Waals surface area contributed by atoms with Gasteiger partial charge in [0.1, 0.15) is 17.3 Å². The van der Waals surface area contributed by atoms with E-state index in [0.717, 1.165) is 18.6 Å². The third kappa shape index (κ3) is 3.58. The fourth-order valence-electron chi connectivity index (χ4n) is 1.33. The number of hydrogen-bond donors (Lipinski definition) is 2. The van der Waals surface area contributed by atoms with E-state index in [2.05, 4.69) is 11.9 Å². The van der Waals surface area contributed by atoms with E-state index in [1.165, 1.54) is 0 Å². The highest BCUT2D eigenvalue weighted by atomic mass is 16.5. The monoisotopic (exact) mass is 207 g/mol. The average Bonchev–Trinajstić information content (AvgIpc) is 2.18. The van der Waals surface area contributed by atoms with Crippen molar-refractivity contribution in [3.8, 4) is 5.75 Å². The molecule has 0 saturated heterocycles. The lowest BCUT2D eigenvalue weighted by Gasteiger charge is -2.13. The Kier molecular flexibility index (Phi) is 4.09. The van der Waals surface area contributed by atoms with Crippen LogP contribution in [0.2, 0.25) is 0 Å². The quantitative estimate of drug-likeness (QED) is 0.572. The van der Waals surface area contributed by atoms with Crippen LogP contribution < -0.4 is 10.5 Å². The van der Waals surface area contributed by atoms with Gasteiger partial charge >= 0.3 is 0 Å². The first-order valence-corrected chi connectivity index (χ1v) is 5.10. The number of hydrogen-bond acceptors (Lipinski definition) is 3. The van der Waals surface area contributed by atoms with Crippen LogP contribution in [0, 0.1) is 5.41 Å². The molecule has 15 heavy (non-hydrogen) atoms. The second-order valence-electron chi connectivity index (χ2n) is 3.51. The summed E-state index contributed by atoms with van der Waals surface area (Å²) in [7, 11) is 0. The van der Waals surface area contributed by atoms with E-state index in [9.17, 15) is 0 Å². The van der Waals surface area contributed by atoms with Crippen molar-refractivity contribution in [1.29, 1.82) is 5.41 Å². The Hall–Kier alpha value is -1.58. The van der Waals surface area contributed by atoms with Gasteiger partial charge in [0, 0.05) is 12.3 Å². The Morgan fingerprint density at radius 1 is 1.67 bits per heavy atom. The Morgan fingerprint density at radius 3 is 3.00 bits per heavy atom. The van der Waals surface area contributed by atoms with Crippen molar-refractivity contribution in [2.24, 2.45) is 5.73 Å². The number of nitrogen functional groups attached to an aromatic ring is 1. The SMILES string of the molecule is CCCC(C)Oc1ccnc(C(=N)N)c1. The Balaban J connectivity index is 2.69. The standard InChI is InChI=1S/C11H17N3O/c1-3-4-8(2)15-9-5-6-14-10(7-9)11(12)13/h5-8H,3-4H2,1-2H3,(H3,12,13). The van der Waals surface area contributed by atoms with E-state index in [1.807, 2.05) is 6.92 Å². The maximum atomic E-state index is 7.26. The summed E-state index contributed by atoms with van der Waals surface area (Å²) in [5.41, 5.74) is 5.79. The summed E-state index contributed by atoms with van der Waals surface area (Å²) in [6, 6.07) is 3.47. The van der Waals surface area contributed by atoms with Gasteiger partial charge in [0.05, 0.1) is 6.10 Å². The van der Waals surface area contributed by atoms with Gasteiger partial charge in [0.15, 0.2) is 0 Å². The molecule has 0 saturated carbocycles. The molecule has 1 aromatic rings. The van der Waals surface area contributed by atoms with Crippen molar-refractivity contribution in [2.45, 2.75) is 32.8 Å². The molecular weight excluding hydrogens is 190 g/mol. The van der Waals surface area contributed by atoms with Gasteiger partial charge < -0.3 is 10.5 Å². The van der Waals surface area contributed by atoms with Crippen molar-refractivity contribution in [3.05, 3.63) is 24.0 Å². The van der Waals surface area contributed by atoms with Crippen LogP contribution in [0.5, 0.6) is 5.75 Å². The minimum Gasteiger partial charge on any atom is -0.491 e. The zero-order valence-electron chi connectivity index (χ0n) is 9.16. The highest BCUT2D eigenvalue weighted by Gasteiger charge is 2.04. The van der Waals surface area contributed by atoms with Crippen molar-refractivity contribution in [2.75, 3.05) is 0 Å². The summed E-state index contributed by atoms with van der Waals surface area (Å²) >= 11 is 0. The summed E-state index contributed by atoms with van der Waals surface area (Å²) in [6.45, 7) is 4.14. The second-order valence-corrected chi connectivity index (χ2v) is 3.51. The lowest BCUT2D eigenvalue weighted by molar-refractivity contribution is 0.209. The molecule has 0 radical (unpaired) electrons. The molecule has 0 fully saturated rings. The van der Waals surface area contributed by atoms with Gasteiger partial charge in [-0.05, 0) is 19.4 Å². The number of nitrogens with one attached hydrogen (secondary N) is 1. The number of ether oxygens (including phenoxy) is 1. The summed E-state index contributed by atoms with van der Waals surface area (Å²) in [5.74, 6) is 0.680. The molecule has 0 aromatic carbocycles. The largest absolute Gasteiger partial charge is 0.491 e. The predicted molar refractivity (Wildman–Crippen MR) is 60.3 cm³/mol. The van der Waals surface area contributed by atoms with Crippen molar-refractivity contribution in [3.63, 3.8) is 0 Å². The Labute approximate surface area is 90.0 Å². The zero-order valence-corrected chi connectivity index (χ0v) is 9.16. The highest BCUT2D eigenvalue weighted by Crippen LogP contribution is 2.14. The summed E-state index contributed by atoms with van der Waals surface area (Å²) in [5, 5.41) is 7.26. The lowest BCUT2D eigenvalue weighted by Crippen LogP contribution is -2.15. The maximum absolute atomic E-state index is 7.26. The molecule has 4 heteroatoms. The summed E-state index contributed by atoms with van der Waals surface area (Å²) in [4.78, 5) is 3.96. The predicted octanol–water partition coefficient (Wildman–Crippen LogP) is 1.93. The normalized spacial score (nSPS) is 12.1. The van der Waals surface area contributed by atoms with E-state index in [1.54, 1.807) is 18.3 Å². The highest BCUT2D eigenvalue weighted by molar-refractivity contribution is 5.93. The van der Waals surface area contributed by atoms with Crippen LogP contribution in [0.3, 0.4) is 0 Å². The van der Waals surface area contributed by atoms with E-state index in [0.29, 0.717) is 5.69 Å². The molecule has 1 unspecified atom stereocenters. The molecule has 0 aliphatic carbocycles. The summed E-state index contributed by atoms with van der Waals surface area (Å²) in [6.07, 6.45) is 3.88. The minimum absolute atomic E-state index is 0.0383. The van der Waals surface area contributed by atoms with Crippen LogP contribution in [0.1, 0.15) is 32.4 Å². The van der Waals surface area contributed by atoms with Crippen LogP contribution in [-0.2, 0) is 0 Å². The third-order valence-corrected chi connectivity index (χ3v) is 2.04. The molecule has 1 atom stereocenters. The molecule has 82 valence electrons. The van der Waals surface area contributed by atoms with Gasteiger partial charge in [0.2, 0.25) is 0 Å². The van der Waals surface area contributed by atoms with Crippen molar-refractivity contribution < 1.29 is 4.74 Å². The van der Waals surface area contributed by atoms with Crippen molar-refractivity contribution >= 4 is 5.84 Å². The molecule has 4 nitrogen and oxygen atoms in total. The van der Waals surface area contributed by atoms with Gasteiger partial charge in [-0.15, -0.1) is 0 Å². The van der Waals surface area contributed by atoms with E-state index in [-0.39, 0.29) is 11.9 Å². The molecule has 3 N–H and O–H groups in total. The topological polar surface area (TPSA) is 72.0 Å². The first kappa shape index (κ1) is 11.5. The smallest absolute Gasteiger partial charge is 0.141 e.